The molecule has 15 nitrogen and oxygen atoms in total. The Hall–Kier alpha value is -1.89. The fraction of sp³-hybridized carbons (Fsp3) is 0.925. The first-order valence-corrected chi connectivity index (χ1v) is 32.3. The first kappa shape index (κ1) is 60.4. The maximum Gasteiger partial charge on any atom is 0.303 e. The van der Waals surface area contributed by atoms with Gasteiger partial charge in [-0.15, -0.1) is 0 Å². The van der Waals surface area contributed by atoms with Crippen molar-refractivity contribution in [1.82, 2.24) is 0 Å². The number of allylic oxidation sites excluding steroid dienone is 2. The van der Waals surface area contributed by atoms with Crippen molar-refractivity contribution in [3.05, 3.63) is 22.7 Å². The Morgan fingerprint density at radius 2 is 1.04 bits per heavy atom. The number of rotatable bonds is 7. The lowest BCUT2D eigenvalue weighted by Crippen LogP contribution is -2.61. The average Bonchev–Trinajstić information content (AvgIpc) is 1.54. The van der Waals surface area contributed by atoms with Crippen LogP contribution in [0.1, 0.15) is 207 Å². The van der Waals surface area contributed by atoms with Crippen LogP contribution in [0.2, 0.25) is 0 Å². The number of hydrogen-bond donors (Lipinski definition) is 9. The minimum atomic E-state index is -1.31. The summed E-state index contributed by atoms with van der Waals surface area (Å²) in [7, 11) is 0. The molecule has 82 heavy (non-hydrogen) atoms. The van der Waals surface area contributed by atoms with Gasteiger partial charge in [-0.3, -0.25) is 4.79 Å². The molecule has 4 spiro atoms. The lowest BCUT2D eigenvalue weighted by Gasteiger charge is -2.63. The highest BCUT2D eigenvalue weighted by Gasteiger charge is 2.86. The van der Waals surface area contributed by atoms with Gasteiger partial charge in [-0.2, -0.15) is 0 Å². The number of aliphatic hydroxyl groups is 9. The first-order chi connectivity index (χ1) is 37.8. The molecule has 3 heterocycles. The Morgan fingerprint density at radius 3 is 1.52 bits per heavy atom. The fourth-order valence-corrected chi connectivity index (χ4v) is 24.3. The number of carbonyl (C=O) groups is 1. The summed E-state index contributed by atoms with van der Waals surface area (Å²) < 4.78 is 30.9. The molecule has 10 aliphatic carbocycles. The number of fused-ring (bicyclic) bond motifs is 6. The normalized spacial score (nSPS) is 53.4. The van der Waals surface area contributed by atoms with Gasteiger partial charge in [-0.1, -0.05) is 69.2 Å². The van der Waals surface area contributed by atoms with Gasteiger partial charge >= 0.3 is 5.97 Å². The second-order valence-corrected chi connectivity index (χ2v) is 33.4. The van der Waals surface area contributed by atoms with Crippen molar-refractivity contribution in [2.75, 3.05) is 6.61 Å². The van der Waals surface area contributed by atoms with Crippen LogP contribution in [-0.2, 0) is 28.5 Å². The van der Waals surface area contributed by atoms with E-state index < -0.39 is 83.8 Å². The molecule has 15 heteroatoms. The highest BCUT2D eigenvalue weighted by molar-refractivity contribution is 5.66. The number of carbonyl (C=O) groups excluding carboxylic acids is 1. The molecule has 0 aromatic heterocycles. The van der Waals surface area contributed by atoms with Gasteiger partial charge in [-0.05, 0) is 210 Å². The summed E-state index contributed by atoms with van der Waals surface area (Å²) in [6.07, 6.45) is 6.69. The highest BCUT2D eigenvalue weighted by atomic mass is 16.7. The molecule has 9 fully saturated rings. The van der Waals surface area contributed by atoms with Gasteiger partial charge in [0.1, 0.15) is 60.4 Å². The van der Waals surface area contributed by atoms with Crippen LogP contribution in [-0.4, -0.2) is 143 Å². The van der Waals surface area contributed by atoms with E-state index in [2.05, 4.69) is 69.2 Å². The van der Waals surface area contributed by atoms with E-state index in [1.165, 1.54) is 30.9 Å². The Bertz CT molecular complexity index is 2630. The molecule has 464 valence electrons. The molecule has 13 rings (SSSR count). The zero-order chi connectivity index (χ0) is 59.8. The van der Waals surface area contributed by atoms with Crippen molar-refractivity contribution in [1.29, 1.82) is 0 Å². The largest absolute Gasteiger partial charge is 0.489 e. The van der Waals surface area contributed by atoms with Crippen molar-refractivity contribution in [2.45, 2.75) is 291 Å². The topological polar surface area (TPSA) is 245 Å². The minimum Gasteiger partial charge on any atom is -0.489 e. The molecule has 26 atom stereocenters. The van der Waals surface area contributed by atoms with E-state index in [0.29, 0.717) is 53.4 Å². The molecule has 0 aromatic carbocycles. The molecule has 0 amide bonds. The van der Waals surface area contributed by atoms with Crippen LogP contribution < -0.4 is 0 Å². The monoisotopic (exact) mass is 1150 g/mol. The number of ether oxygens (including phenoxy) is 5. The van der Waals surface area contributed by atoms with E-state index >= 15 is 0 Å². The van der Waals surface area contributed by atoms with E-state index in [1.807, 2.05) is 0 Å². The average molecular weight is 1150 g/mol. The van der Waals surface area contributed by atoms with E-state index in [-0.39, 0.29) is 74.0 Å². The van der Waals surface area contributed by atoms with Gasteiger partial charge in [-0.25, -0.2) is 0 Å². The molecule has 9 N–H and O–H groups in total. The smallest absolute Gasteiger partial charge is 0.303 e. The summed E-state index contributed by atoms with van der Waals surface area (Å²) in [4.78, 5) is 12.0. The Morgan fingerprint density at radius 1 is 0.585 bits per heavy atom. The highest BCUT2D eigenvalue weighted by Crippen LogP contribution is 2.91. The summed E-state index contributed by atoms with van der Waals surface area (Å²) in [6, 6.07) is 0. The van der Waals surface area contributed by atoms with Crippen molar-refractivity contribution in [2.24, 2.45) is 89.7 Å². The number of esters is 1. The number of hydrogen-bond acceptors (Lipinski definition) is 15. The van der Waals surface area contributed by atoms with E-state index in [9.17, 15) is 50.8 Å². The second kappa shape index (κ2) is 18.6. The lowest BCUT2D eigenvalue weighted by molar-refractivity contribution is -0.303. The van der Waals surface area contributed by atoms with Crippen molar-refractivity contribution in [3.8, 4) is 0 Å². The fourth-order valence-electron chi connectivity index (χ4n) is 24.3. The molecule has 0 aromatic rings. The van der Waals surface area contributed by atoms with E-state index in [0.717, 1.165) is 77.0 Å². The van der Waals surface area contributed by atoms with Gasteiger partial charge < -0.3 is 69.6 Å². The summed E-state index contributed by atoms with van der Waals surface area (Å²) in [6.45, 7) is 30.7. The van der Waals surface area contributed by atoms with Crippen LogP contribution in [0.3, 0.4) is 0 Å². The van der Waals surface area contributed by atoms with Crippen LogP contribution in [0.25, 0.3) is 0 Å². The molecule has 3 aliphatic heterocycles. The van der Waals surface area contributed by atoms with Crippen LogP contribution in [0.4, 0.5) is 0 Å². The standard InChI is InChI=1S/C37H58O10.C30H48O5/c1-18-15-21(30(33(5,6)43)45-19(2)38)46-28-25(18)34(7)13-14-37-17-36(37)12-11-24(47-31-27(41)26(40)20(39)16-44-31)32(3,4)22(36)9-10-23(37)35(34,8)29(28)42;1-16-14-17(23(32)26(4,5)34)35-22-21(16)27(6)12-13-30-15-29(30)11-10-20(31)25(2,3)18(29)8-9-19(30)28(27,7)24(22)33/h18,20-24,26-27,29-31,39-43H,9-17H2,1-8H3;16-20,23-24,31-34H,8-15H2,1-7H3/t18-,20-,21-,22+,23+,24+,26+,27-,29+,30+,31+,34-,35-,36-,37+;16-,17-,18+,19+,20+,23+,24+,27-,28-,29-,30+/m11/s1. The first-order valence-electron chi connectivity index (χ1n) is 32.3. The molecule has 0 unspecified atom stereocenters. The van der Waals surface area contributed by atoms with E-state index in [1.54, 1.807) is 27.7 Å². The zero-order valence-electron chi connectivity index (χ0n) is 52.4. The van der Waals surface area contributed by atoms with Crippen LogP contribution in [0.5, 0.6) is 0 Å². The molecular formula is C67H106O15. The third kappa shape index (κ3) is 7.61. The Balaban J connectivity index is 0.000000169. The SMILES string of the molecule is CC(=O)O[C@@H]([C@H]1C[C@@H](C)C2=C(O1)[C@H](O)[C@@]1(C)[C@@H]3CC[C@H]4C(C)(C)[C@@H](O[C@@H]5OC[C@@H](O)[C@H](O)[C@H]5O)CC[C@@]45C[C@@]35CC[C@]21C)C(C)(C)O.C[C@@H]1C[C@H]([C@H](O)C(C)(C)O)OC2=C1[C@@]1(C)CC[C@@]34C[C@@]35CC[C@H](O)C(C)(C)[C@@H]5CC[C@H]4[C@]1(C)[C@H]2O. The molecule has 13 aliphatic rings. The van der Waals surface area contributed by atoms with Crippen LogP contribution in [0.15, 0.2) is 22.7 Å². The van der Waals surface area contributed by atoms with Crippen molar-refractivity contribution in [3.63, 3.8) is 0 Å². The predicted molar refractivity (Wildman–Crippen MR) is 304 cm³/mol. The van der Waals surface area contributed by atoms with Gasteiger partial charge in [0.15, 0.2) is 12.4 Å². The van der Waals surface area contributed by atoms with E-state index in [4.69, 9.17) is 23.7 Å². The predicted octanol–water partition coefficient (Wildman–Crippen LogP) is 8.16. The van der Waals surface area contributed by atoms with Gasteiger partial charge in [0.25, 0.3) is 0 Å². The van der Waals surface area contributed by atoms with Crippen molar-refractivity contribution >= 4 is 5.97 Å². The summed E-state index contributed by atoms with van der Waals surface area (Å²) >= 11 is 0. The zero-order valence-corrected chi connectivity index (χ0v) is 52.4. The third-order valence-electron chi connectivity index (χ3n) is 28.5. The maximum atomic E-state index is 12.5. The van der Waals surface area contributed by atoms with Crippen LogP contribution >= 0.6 is 0 Å². The van der Waals surface area contributed by atoms with Crippen molar-refractivity contribution < 1.29 is 74.4 Å². The van der Waals surface area contributed by atoms with Gasteiger partial charge in [0.05, 0.1) is 30.0 Å². The summed E-state index contributed by atoms with van der Waals surface area (Å²) in [5.41, 5.74) is -0.527. The summed E-state index contributed by atoms with van der Waals surface area (Å²) in [5.74, 6) is 2.90. The molecule has 8 saturated carbocycles. The van der Waals surface area contributed by atoms with Gasteiger partial charge in [0.2, 0.25) is 0 Å². The second-order valence-electron chi connectivity index (χ2n) is 33.4. The maximum absolute atomic E-state index is 12.5. The quantitative estimate of drug-likeness (QED) is 0.0863. The molecule has 1 saturated heterocycles. The lowest BCUT2D eigenvalue weighted by atomic mass is 9.41. The third-order valence-corrected chi connectivity index (χ3v) is 28.5. The molecule has 0 radical (unpaired) electrons. The molecule has 0 bridgehead atoms. The van der Waals surface area contributed by atoms with Gasteiger partial charge in [0, 0.05) is 28.6 Å². The number of aliphatic hydroxyl groups excluding tert-OH is 7. The molecular weight excluding hydrogens is 1040 g/mol. The van der Waals surface area contributed by atoms with Crippen LogP contribution in [0, 0.1) is 89.7 Å². The Labute approximate surface area is 488 Å². The summed E-state index contributed by atoms with van der Waals surface area (Å²) in [5, 5.41) is 98.6. The minimum absolute atomic E-state index is 0.0434. The Kier molecular flexibility index (Phi) is 13.7.